The molecule has 0 spiro atoms. The molecule has 0 radical (unpaired) electrons. The average molecular weight is 502 g/mol. The molecule has 5 nitrogen and oxygen atoms in total. The molecule has 35 heavy (non-hydrogen) atoms. The molecule has 4 rings (SSSR count). The van der Waals surface area contributed by atoms with Gasteiger partial charge in [-0.2, -0.15) is 0 Å². The number of halogens is 3. The standard InChI is InChI=1S/C27H29F2N3O2.ClH/c1-34-27(33)25-7-3-13-30-26(25)32-17-15-31(16-18-32)14-4-8-24(20-9-11-22(28)12-10-20)21-5-2-6-23(29)19-21;/h2-3,5-7,9-13,19,24H,4,8,14-18H2,1H3;1H. The lowest BCUT2D eigenvalue weighted by Gasteiger charge is -2.36. The summed E-state index contributed by atoms with van der Waals surface area (Å²) in [7, 11) is 1.38. The monoisotopic (exact) mass is 501 g/mol. The highest BCUT2D eigenvalue weighted by Crippen LogP contribution is 2.30. The van der Waals surface area contributed by atoms with Crippen molar-refractivity contribution in [3.63, 3.8) is 0 Å². The van der Waals surface area contributed by atoms with Gasteiger partial charge in [0, 0.05) is 38.3 Å². The quantitative estimate of drug-likeness (QED) is 0.392. The lowest BCUT2D eigenvalue weighted by molar-refractivity contribution is 0.0600. The van der Waals surface area contributed by atoms with Crippen LogP contribution >= 0.6 is 12.4 Å². The van der Waals surface area contributed by atoms with Gasteiger partial charge in [0.05, 0.1) is 7.11 Å². The molecule has 1 aromatic heterocycles. The summed E-state index contributed by atoms with van der Waals surface area (Å²) >= 11 is 0. The summed E-state index contributed by atoms with van der Waals surface area (Å²) in [6, 6.07) is 16.6. The van der Waals surface area contributed by atoms with Crippen molar-refractivity contribution in [1.82, 2.24) is 9.88 Å². The lowest BCUT2D eigenvalue weighted by atomic mass is 9.87. The minimum atomic E-state index is -0.380. The van der Waals surface area contributed by atoms with Crippen molar-refractivity contribution >= 4 is 24.2 Å². The maximum Gasteiger partial charge on any atom is 0.341 e. The van der Waals surface area contributed by atoms with Gasteiger partial charge in [0.25, 0.3) is 0 Å². The highest BCUT2D eigenvalue weighted by molar-refractivity contribution is 5.94. The molecule has 1 saturated heterocycles. The van der Waals surface area contributed by atoms with Crippen LogP contribution in [0.2, 0.25) is 0 Å². The van der Waals surface area contributed by atoms with Gasteiger partial charge in [0.15, 0.2) is 0 Å². The third kappa shape index (κ3) is 6.77. The number of esters is 1. The second-order valence-electron chi connectivity index (χ2n) is 8.50. The van der Waals surface area contributed by atoms with Crippen LogP contribution < -0.4 is 4.90 Å². The van der Waals surface area contributed by atoms with Crippen molar-refractivity contribution < 1.29 is 18.3 Å². The number of methoxy groups -OCH3 is 1. The molecule has 0 N–H and O–H groups in total. The number of benzene rings is 2. The maximum atomic E-state index is 13.9. The predicted octanol–water partition coefficient (Wildman–Crippen LogP) is 5.30. The molecule has 0 bridgehead atoms. The Labute approximate surface area is 211 Å². The van der Waals surface area contributed by atoms with Crippen LogP contribution in [0, 0.1) is 11.6 Å². The first-order valence-corrected chi connectivity index (χ1v) is 11.6. The van der Waals surface area contributed by atoms with Crippen molar-refractivity contribution in [2.24, 2.45) is 0 Å². The zero-order valence-corrected chi connectivity index (χ0v) is 20.5. The molecule has 1 atom stereocenters. The summed E-state index contributed by atoms with van der Waals surface area (Å²) in [6.45, 7) is 4.17. The summed E-state index contributed by atoms with van der Waals surface area (Å²) in [4.78, 5) is 21.0. The lowest BCUT2D eigenvalue weighted by Crippen LogP contribution is -2.47. The number of nitrogens with zero attached hydrogens (tertiary/aromatic N) is 3. The van der Waals surface area contributed by atoms with Gasteiger partial charge in [-0.25, -0.2) is 18.6 Å². The van der Waals surface area contributed by atoms with E-state index in [9.17, 15) is 13.6 Å². The topological polar surface area (TPSA) is 45.7 Å². The fraction of sp³-hybridized carbons (Fsp3) is 0.333. The van der Waals surface area contributed by atoms with Crippen molar-refractivity contribution in [3.05, 3.63) is 95.2 Å². The highest BCUT2D eigenvalue weighted by Gasteiger charge is 2.23. The Morgan fingerprint density at radius 3 is 2.40 bits per heavy atom. The van der Waals surface area contributed by atoms with Gasteiger partial charge in [0.2, 0.25) is 0 Å². The SMILES string of the molecule is COC(=O)c1cccnc1N1CCN(CCCC(c2ccc(F)cc2)c2cccc(F)c2)CC1.Cl. The second kappa shape index (κ2) is 12.6. The fourth-order valence-electron chi connectivity index (χ4n) is 4.56. The first kappa shape index (κ1) is 26.6. The van der Waals surface area contributed by atoms with Gasteiger partial charge in [-0.15, -0.1) is 12.4 Å². The molecule has 2 aromatic carbocycles. The molecule has 1 aliphatic heterocycles. The zero-order chi connectivity index (χ0) is 23.9. The number of ether oxygens (including phenoxy) is 1. The Morgan fingerprint density at radius 2 is 1.71 bits per heavy atom. The van der Waals surface area contributed by atoms with Crippen molar-refractivity contribution in [2.45, 2.75) is 18.8 Å². The molecule has 0 saturated carbocycles. The van der Waals surface area contributed by atoms with E-state index in [0.29, 0.717) is 11.4 Å². The molecule has 186 valence electrons. The second-order valence-corrected chi connectivity index (χ2v) is 8.50. The smallest absolute Gasteiger partial charge is 0.341 e. The Hall–Kier alpha value is -3.03. The van der Waals surface area contributed by atoms with E-state index in [1.807, 2.05) is 6.07 Å². The minimum absolute atomic E-state index is 0. The third-order valence-corrected chi connectivity index (χ3v) is 6.35. The van der Waals surface area contributed by atoms with Crippen LogP contribution in [0.1, 0.15) is 40.2 Å². The Bertz CT molecular complexity index is 1110. The zero-order valence-electron chi connectivity index (χ0n) is 19.7. The molecule has 1 fully saturated rings. The number of rotatable bonds is 8. The van der Waals surface area contributed by atoms with E-state index in [2.05, 4.69) is 14.8 Å². The summed E-state index contributed by atoms with van der Waals surface area (Å²) < 4.78 is 32.2. The molecule has 1 aliphatic rings. The molecule has 3 aromatic rings. The van der Waals surface area contributed by atoms with Crippen molar-refractivity contribution in [2.75, 3.05) is 44.7 Å². The Morgan fingerprint density at radius 1 is 0.971 bits per heavy atom. The number of carbonyl (C=O) groups excluding carboxylic acids is 1. The van der Waals surface area contributed by atoms with Gasteiger partial charge >= 0.3 is 5.97 Å². The number of carbonyl (C=O) groups is 1. The van der Waals surface area contributed by atoms with Crippen molar-refractivity contribution in [3.8, 4) is 0 Å². The van der Waals surface area contributed by atoms with Gasteiger partial charge in [-0.05, 0) is 66.9 Å². The van der Waals surface area contributed by atoms with Crippen LogP contribution in [0.15, 0.2) is 66.9 Å². The largest absolute Gasteiger partial charge is 0.465 e. The van der Waals surface area contributed by atoms with E-state index in [1.165, 1.54) is 25.3 Å². The summed E-state index contributed by atoms with van der Waals surface area (Å²) in [6.07, 6.45) is 3.45. The molecule has 2 heterocycles. The van der Waals surface area contributed by atoms with Crippen LogP contribution in [0.4, 0.5) is 14.6 Å². The van der Waals surface area contributed by atoms with Crippen LogP contribution in [0.3, 0.4) is 0 Å². The average Bonchev–Trinajstić information content (AvgIpc) is 2.87. The number of aromatic nitrogens is 1. The fourth-order valence-corrected chi connectivity index (χ4v) is 4.56. The molecular formula is C27H30ClF2N3O2. The number of pyridine rings is 1. The number of hydrogen-bond donors (Lipinski definition) is 0. The van der Waals surface area contributed by atoms with E-state index in [4.69, 9.17) is 4.74 Å². The number of hydrogen-bond acceptors (Lipinski definition) is 5. The van der Waals surface area contributed by atoms with E-state index in [-0.39, 0.29) is 35.9 Å². The molecule has 0 amide bonds. The molecule has 8 heteroatoms. The Balaban J connectivity index is 0.00000342. The molecule has 0 aliphatic carbocycles. The highest BCUT2D eigenvalue weighted by atomic mass is 35.5. The summed E-state index contributed by atoms with van der Waals surface area (Å²) in [5.41, 5.74) is 2.37. The first-order chi connectivity index (χ1) is 16.5. The minimum Gasteiger partial charge on any atom is -0.465 e. The predicted molar refractivity (Wildman–Crippen MR) is 135 cm³/mol. The van der Waals surface area contributed by atoms with Gasteiger partial charge in [0.1, 0.15) is 23.0 Å². The molecule has 1 unspecified atom stereocenters. The third-order valence-electron chi connectivity index (χ3n) is 6.35. The normalized spacial score (nSPS) is 14.8. The number of anilines is 1. The van der Waals surface area contributed by atoms with Crippen LogP contribution in [0.25, 0.3) is 0 Å². The molecular weight excluding hydrogens is 472 g/mol. The van der Waals surface area contributed by atoms with E-state index in [0.717, 1.165) is 56.7 Å². The summed E-state index contributed by atoms with van der Waals surface area (Å²) in [5.74, 6) is -0.246. The van der Waals surface area contributed by atoms with Gasteiger partial charge in [-0.1, -0.05) is 24.3 Å². The van der Waals surface area contributed by atoms with Crippen LogP contribution in [-0.2, 0) is 4.74 Å². The van der Waals surface area contributed by atoms with Crippen LogP contribution in [-0.4, -0.2) is 55.7 Å². The van der Waals surface area contributed by atoms with Gasteiger partial charge in [-0.3, -0.25) is 4.90 Å². The first-order valence-electron chi connectivity index (χ1n) is 11.6. The summed E-state index contributed by atoms with van der Waals surface area (Å²) in [5, 5.41) is 0. The van der Waals surface area contributed by atoms with E-state index < -0.39 is 0 Å². The Kier molecular flexibility index (Phi) is 9.57. The van der Waals surface area contributed by atoms with E-state index >= 15 is 0 Å². The van der Waals surface area contributed by atoms with Crippen LogP contribution in [0.5, 0.6) is 0 Å². The van der Waals surface area contributed by atoms with Crippen molar-refractivity contribution in [1.29, 1.82) is 0 Å². The van der Waals surface area contributed by atoms with E-state index in [1.54, 1.807) is 42.6 Å². The maximum absolute atomic E-state index is 13.9. The number of piperazine rings is 1. The van der Waals surface area contributed by atoms with Gasteiger partial charge < -0.3 is 9.64 Å².